The Kier molecular flexibility index (Phi) is 3.41. The molecule has 4 aromatic rings. The summed E-state index contributed by atoms with van der Waals surface area (Å²) in [5.41, 5.74) is 1.89. The molecule has 2 aromatic heterocycles. The third-order valence-electron chi connectivity index (χ3n) is 3.51. The number of H-pyrrole nitrogens is 1. The van der Waals surface area contributed by atoms with Gasteiger partial charge in [0.05, 0.1) is 6.26 Å². The van der Waals surface area contributed by atoms with Crippen LogP contribution in [0.5, 0.6) is 11.5 Å². The van der Waals surface area contributed by atoms with E-state index in [1.807, 2.05) is 60.7 Å². The Labute approximate surface area is 133 Å². The van der Waals surface area contributed by atoms with Gasteiger partial charge in [-0.2, -0.15) is 0 Å². The van der Waals surface area contributed by atoms with Gasteiger partial charge in [-0.25, -0.2) is 4.98 Å². The van der Waals surface area contributed by atoms with Crippen molar-refractivity contribution in [2.45, 2.75) is 0 Å². The summed E-state index contributed by atoms with van der Waals surface area (Å²) in [6.45, 7) is 0. The predicted octanol–water partition coefficient (Wildman–Crippen LogP) is 5.13. The summed E-state index contributed by atoms with van der Waals surface area (Å²) in [5, 5.41) is 0. The molecule has 0 saturated heterocycles. The highest BCUT2D eigenvalue weighted by Gasteiger charge is 2.13. The molecule has 2 heterocycles. The number of nitrogens with one attached hydrogen (secondary N) is 1. The number of imidazole rings is 1. The lowest BCUT2D eigenvalue weighted by Gasteiger charge is -2.10. The van der Waals surface area contributed by atoms with Gasteiger partial charge in [0.1, 0.15) is 23.1 Å². The maximum absolute atomic E-state index is 5.92. The minimum absolute atomic E-state index is 0.748. The molecule has 112 valence electrons. The number of hydrogen-bond donors (Lipinski definition) is 1. The summed E-state index contributed by atoms with van der Waals surface area (Å²) >= 11 is 0. The molecule has 0 radical (unpaired) electrons. The maximum Gasteiger partial charge on any atom is 0.138 e. The Morgan fingerprint density at radius 3 is 2.52 bits per heavy atom. The van der Waals surface area contributed by atoms with Crippen LogP contribution in [0.25, 0.3) is 22.7 Å². The van der Waals surface area contributed by atoms with Gasteiger partial charge in [-0.05, 0) is 42.5 Å². The van der Waals surface area contributed by atoms with E-state index in [4.69, 9.17) is 9.15 Å². The average molecular weight is 302 g/mol. The Bertz CT molecular complexity index is 883. The van der Waals surface area contributed by atoms with Crippen molar-refractivity contribution in [3.8, 4) is 34.2 Å². The second-order valence-corrected chi connectivity index (χ2v) is 5.04. The van der Waals surface area contributed by atoms with Gasteiger partial charge in [0, 0.05) is 23.5 Å². The molecule has 2 aromatic carbocycles. The lowest BCUT2D eigenvalue weighted by atomic mass is 10.0. The number of para-hydroxylation sites is 1. The highest BCUT2D eigenvalue weighted by atomic mass is 16.5. The number of ether oxygens (including phenoxy) is 1. The van der Waals surface area contributed by atoms with Crippen LogP contribution in [-0.4, -0.2) is 9.97 Å². The Morgan fingerprint density at radius 2 is 1.78 bits per heavy atom. The van der Waals surface area contributed by atoms with Crippen LogP contribution in [0.3, 0.4) is 0 Å². The van der Waals surface area contributed by atoms with Gasteiger partial charge in [0.15, 0.2) is 0 Å². The number of aromatic amines is 1. The van der Waals surface area contributed by atoms with Crippen molar-refractivity contribution in [1.29, 1.82) is 0 Å². The van der Waals surface area contributed by atoms with Gasteiger partial charge in [0.2, 0.25) is 0 Å². The summed E-state index contributed by atoms with van der Waals surface area (Å²) in [4.78, 5) is 7.49. The quantitative estimate of drug-likeness (QED) is 0.568. The van der Waals surface area contributed by atoms with E-state index >= 15 is 0 Å². The molecule has 23 heavy (non-hydrogen) atoms. The molecule has 0 unspecified atom stereocenters. The number of hydrogen-bond acceptors (Lipinski definition) is 3. The SMILES string of the molecule is c1ccc(Oc2ccc(-c3ccco3)c(-c3ncc[nH]3)c2)cc1. The predicted molar refractivity (Wildman–Crippen MR) is 88.2 cm³/mol. The Morgan fingerprint density at radius 1 is 0.870 bits per heavy atom. The van der Waals surface area contributed by atoms with Crippen LogP contribution in [0.2, 0.25) is 0 Å². The zero-order valence-corrected chi connectivity index (χ0v) is 12.3. The van der Waals surface area contributed by atoms with Crippen molar-refractivity contribution in [2.75, 3.05) is 0 Å². The normalized spacial score (nSPS) is 10.6. The molecule has 1 N–H and O–H groups in total. The largest absolute Gasteiger partial charge is 0.464 e. The first-order chi connectivity index (χ1) is 11.4. The molecule has 0 bridgehead atoms. The molecule has 0 saturated carbocycles. The van der Waals surface area contributed by atoms with Gasteiger partial charge in [-0.15, -0.1) is 0 Å². The van der Waals surface area contributed by atoms with Gasteiger partial charge < -0.3 is 14.1 Å². The van der Waals surface area contributed by atoms with Crippen molar-refractivity contribution >= 4 is 0 Å². The Balaban J connectivity index is 1.78. The minimum Gasteiger partial charge on any atom is -0.464 e. The summed E-state index contributed by atoms with van der Waals surface area (Å²) in [6, 6.07) is 19.4. The first-order valence-corrected chi connectivity index (χ1v) is 7.31. The molecule has 4 heteroatoms. The van der Waals surface area contributed by atoms with Crippen LogP contribution in [-0.2, 0) is 0 Å². The molecule has 0 aliphatic heterocycles. The second-order valence-electron chi connectivity index (χ2n) is 5.04. The number of aromatic nitrogens is 2. The van der Waals surface area contributed by atoms with Crippen molar-refractivity contribution in [2.24, 2.45) is 0 Å². The fraction of sp³-hybridized carbons (Fsp3) is 0. The van der Waals surface area contributed by atoms with Crippen LogP contribution in [0.4, 0.5) is 0 Å². The van der Waals surface area contributed by atoms with Crippen molar-refractivity contribution in [1.82, 2.24) is 9.97 Å². The monoisotopic (exact) mass is 302 g/mol. The van der Waals surface area contributed by atoms with Crippen LogP contribution in [0.15, 0.2) is 83.7 Å². The zero-order chi connectivity index (χ0) is 15.5. The van der Waals surface area contributed by atoms with E-state index in [-0.39, 0.29) is 0 Å². The lowest BCUT2D eigenvalue weighted by molar-refractivity contribution is 0.483. The lowest BCUT2D eigenvalue weighted by Crippen LogP contribution is -1.89. The fourth-order valence-electron chi connectivity index (χ4n) is 2.47. The number of benzene rings is 2. The van der Waals surface area contributed by atoms with Gasteiger partial charge in [0.25, 0.3) is 0 Å². The number of rotatable bonds is 4. The van der Waals surface area contributed by atoms with E-state index < -0.39 is 0 Å². The van der Waals surface area contributed by atoms with Crippen LogP contribution in [0, 0.1) is 0 Å². The topological polar surface area (TPSA) is 51.1 Å². The molecular formula is C19H14N2O2. The summed E-state index contributed by atoms with van der Waals surface area (Å²) < 4.78 is 11.5. The highest BCUT2D eigenvalue weighted by molar-refractivity contribution is 5.79. The van der Waals surface area contributed by atoms with E-state index in [1.54, 1.807) is 18.7 Å². The summed E-state index contributed by atoms with van der Waals surface area (Å²) in [5.74, 6) is 3.11. The standard InChI is InChI=1S/C19H14N2O2/c1-2-5-14(6-3-1)23-15-8-9-16(18-7-4-12-22-18)17(13-15)19-20-10-11-21-19/h1-13H,(H,20,21). The van der Waals surface area contributed by atoms with Crippen LogP contribution >= 0.6 is 0 Å². The van der Waals surface area contributed by atoms with E-state index in [9.17, 15) is 0 Å². The molecular weight excluding hydrogens is 288 g/mol. The van der Waals surface area contributed by atoms with Crippen LogP contribution < -0.4 is 4.74 Å². The summed E-state index contributed by atoms with van der Waals surface area (Å²) in [7, 11) is 0. The first kappa shape index (κ1) is 13.4. The molecule has 0 fully saturated rings. The van der Waals surface area contributed by atoms with E-state index in [2.05, 4.69) is 9.97 Å². The molecule has 0 aliphatic rings. The van der Waals surface area contributed by atoms with Crippen molar-refractivity contribution in [3.63, 3.8) is 0 Å². The number of furan rings is 1. The smallest absolute Gasteiger partial charge is 0.138 e. The van der Waals surface area contributed by atoms with E-state index in [0.29, 0.717) is 0 Å². The van der Waals surface area contributed by atoms with Gasteiger partial charge in [-0.3, -0.25) is 0 Å². The van der Waals surface area contributed by atoms with Crippen molar-refractivity contribution in [3.05, 3.63) is 79.3 Å². The molecule has 4 rings (SSSR count). The first-order valence-electron chi connectivity index (χ1n) is 7.31. The van der Waals surface area contributed by atoms with Gasteiger partial charge >= 0.3 is 0 Å². The molecule has 0 aliphatic carbocycles. The minimum atomic E-state index is 0.748. The zero-order valence-electron chi connectivity index (χ0n) is 12.3. The molecule has 0 spiro atoms. The molecule has 0 atom stereocenters. The maximum atomic E-state index is 5.92. The van der Waals surface area contributed by atoms with Crippen molar-refractivity contribution < 1.29 is 9.15 Å². The Hall–Kier alpha value is -3.27. The van der Waals surface area contributed by atoms with E-state index in [0.717, 1.165) is 34.2 Å². The van der Waals surface area contributed by atoms with Crippen LogP contribution in [0.1, 0.15) is 0 Å². The third kappa shape index (κ3) is 2.74. The molecule has 0 amide bonds. The molecule has 4 nitrogen and oxygen atoms in total. The number of nitrogens with zero attached hydrogens (tertiary/aromatic N) is 1. The fourth-order valence-corrected chi connectivity index (χ4v) is 2.47. The third-order valence-corrected chi connectivity index (χ3v) is 3.51. The summed E-state index contributed by atoms with van der Waals surface area (Å²) in [6.07, 6.45) is 5.19. The average Bonchev–Trinajstić information content (AvgIpc) is 3.30. The second kappa shape index (κ2) is 5.85. The highest BCUT2D eigenvalue weighted by Crippen LogP contribution is 2.34. The van der Waals surface area contributed by atoms with Gasteiger partial charge in [-0.1, -0.05) is 18.2 Å². The van der Waals surface area contributed by atoms with E-state index in [1.165, 1.54) is 0 Å².